The maximum Gasteiger partial charge on any atom is 0.0612 e. The first-order valence-corrected chi connectivity index (χ1v) is 6.18. The lowest BCUT2D eigenvalue weighted by molar-refractivity contribution is 0.616. The normalized spacial score (nSPS) is 17.5. The van der Waals surface area contributed by atoms with E-state index in [0.29, 0.717) is 16.1 Å². The van der Waals surface area contributed by atoms with Crippen LogP contribution < -0.4 is 5.32 Å². The van der Waals surface area contributed by atoms with Crippen molar-refractivity contribution in [1.29, 1.82) is 0 Å². The van der Waals surface area contributed by atoms with E-state index >= 15 is 0 Å². The minimum Gasteiger partial charge on any atom is -0.382 e. The molecule has 3 heteroatoms. The van der Waals surface area contributed by atoms with Gasteiger partial charge in [-0.1, -0.05) is 30.1 Å². The average molecular weight is 244 g/mol. The molecule has 1 N–H and O–H groups in total. The smallest absolute Gasteiger partial charge is 0.0612 e. The van der Waals surface area contributed by atoms with E-state index in [4.69, 9.17) is 23.2 Å². The number of nitrogens with one attached hydrogen (secondary N) is 1. The quantitative estimate of drug-likeness (QED) is 0.816. The highest BCUT2D eigenvalue weighted by Gasteiger charge is 2.29. The number of halogens is 2. The summed E-state index contributed by atoms with van der Waals surface area (Å²) in [4.78, 5) is 0. The van der Waals surface area contributed by atoms with Crippen molar-refractivity contribution in [2.24, 2.45) is 5.92 Å². The van der Waals surface area contributed by atoms with Crippen molar-refractivity contribution in [3.63, 3.8) is 0 Å². The molecule has 0 radical (unpaired) electrons. The molecule has 1 nitrogen and oxygen atoms in total. The Labute approximate surface area is 101 Å². The summed E-state index contributed by atoms with van der Waals surface area (Å²) in [7, 11) is 0. The lowest BCUT2D eigenvalue weighted by Gasteiger charge is -2.17. The van der Waals surface area contributed by atoms with Crippen LogP contribution in [0.15, 0.2) is 18.2 Å². The van der Waals surface area contributed by atoms with Crippen molar-refractivity contribution in [1.82, 2.24) is 0 Å². The molecule has 1 aromatic rings. The molecule has 1 aliphatic carbocycles. The van der Waals surface area contributed by atoms with Crippen molar-refractivity contribution in [2.45, 2.75) is 32.2 Å². The summed E-state index contributed by atoms with van der Waals surface area (Å²) in [6.07, 6.45) is 3.87. The van der Waals surface area contributed by atoms with E-state index < -0.39 is 0 Å². The summed E-state index contributed by atoms with van der Waals surface area (Å²) < 4.78 is 0. The molecule has 1 saturated carbocycles. The SMILES string of the molecule is CCC(Nc1ccc(Cl)c(Cl)c1)C1CC1. The molecule has 0 aliphatic heterocycles. The van der Waals surface area contributed by atoms with Crippen LogP contribution in [0, 0.1) is 5.92 Å². The standard InChI is InChI=1S/C12H15Cl2N/c1-2-12(8-3-4-8)15-9-5-6-10(13)11(14)7-9/h5-8,12,15H,2-4H2,1H3. The van der Waals surface area contributed by atoms with Crippen LogP contribution in [-0.2, 0) is 0 Å². The van der Waals surface area contributed by atoms with Gasteiger partial charge in [0.1, 0.15) is 0 Å². The number of rotatable bonds is 4. The Morgan fingerprint density at radius 2 is 2.07 bits per heavy atom. The summed E-state index contributed by atoms with van der Waals surface area (Å²) >= 11 is 11.8. The van der Waals surface area contributed by atoms with Gasteiger partial charge in [-0.05, 0) is 43.4 Å². The van der Waals surface area contributed by atoms with E-state index in [2.05, 4.69) is 12.2 Å². The van der Waals surface area contributed by atoms with Crippen LogP contribution in [0.5, 0.6) is 0 Å². The van der Waals surface area contributed by atoms with Crippen molar-refractivity contribution < 1.29 is 0 Å². The van der Waals surface area contributed by atoms with Gasteiger partial charge in [0.2, 0.25) is 0 Å². The van der Waals surface area contributed by atoms with Crippen LogP contribution >= 0.6 is 23.2 Å². The van der Waals surface area contributed by atoms with E-state index in [1.165, 1.54) is 12.8 Å². The van der Waals surface area contributed by atoms with Gasteiger partial charge in [-0.25, -0.2) is 0 Å². The summed E-state index contributed by atoms with van der Waals surface area (Å²) in [5, 5.41) is 4.75. The largest absolute Gasteiger partial charge is 0.382 e. The zero-order chi connectivity index (χ0) is 10.8. The Balaban J connectivity index is 2.05. The van der Waals surface area contributed by atoms with Gasteiger partial charge in [0.25, 0.3) is 0 Å². The van der Waals surface area contributed by atoms with Crippen LogP contribution in [0.25, 0.3) is 0 Å². The van der Waals surface area contributed by atoms with E-state index in [9.17, 15) is 0 Å². The molecule has 2 rings (SSSR count). The van der Waals surface area contributed by atoms with Crippen LogP contribution in [0.4, 0.5) is 5.69 Å². The molecule has 0 bridgehead atoms. The second kappa shape index (κ2) is 4.63. The van der Waals surface area contributed by atoms with Gasteiger partial charge < -0.3 is 5.32 Å². The molecule has 82 valence electrons. The van der Waals surface area contributed by atoms with Gasteiger partial charge in [-0.15, -0.1) is 0 Å². The molecule has 0 aromatic heterocycles. The minimum absolute atomic E-state index is 0.585. The van der Waals surface area contributed by atoms with Gasteiger partial charge in [0.05, 0.1) is 10.0 Å². The maximum atomic E-state index is 5.96. The van der Waals surface area contributed by atoms with Crippen molar-refractivity contribution >= 4 is 28.9 Å². The zero-order valence-electron chi connectivity index (χ0n) is 8.76. The van der Waals surface area contributed by atoms with Crippen LogP contribution in [0.1, 0.15) is 26.2 Å². The highest BCUT2D eigenvalue weighted by atomic mass is 35.5. The first-order chi connectivity index (χ1) is 7.20. The van der Waals surface area contributed by atoms with Gasteiger partial charge >= 0.3 is 0 Å². The molecule has 0 spiro atoms. The highest BCUT2D eigenvalue weighted by Crippen LogP contribution is 2.36. The topological polar surface area (TPSA) is 12.0 Å². The van der Waals surface area contributed by atoms with Crippen molar-refractivity contribution in [2.75, 3.05) is 5.32 Å². The average Bonchev–Trinajstić information content (AvgIpc) is 3.03. The Kier molecular flexibility index (Phi) is 3.42. The third-order valence-corrected chi connectivity index (χ3v) is 3.64. The van der Waals surface area contributed by atoms with E-state index in [0.717, 1.165) is 18.0 Å². The molecule has 0 amide bonds. The molecule has 15 heavy (non-hydrogen) atoms. The molecule has 1 fully saturated rings. The number of hydrogen-bond donors (Lipinski definition) is 1. The molecule has 1 unspecified atom stereocenters. The zero-order valence-corrected chi connectivity index (χ0v) is 10.3. The lowest BCUT2D eigenvalue weighted by Crippen LogP contribution is -2.20. The molecule has 0 saturated heterocycles. The highest BCUT2D eigenvalue weighted by molar-refractivity contribution is 6.42. The molecule has 1 aromatic carbocycles. The Morgan fingerprint density at radius 1 is 1.33 bits per heavy atom. The summed E-state index contributed by atoms with van der Waals surface area (Å²) in [5.41, 5.74) is 1.07. The number of hydrogen-bond acceptors (Lipinski definition) is 1. The fourth-order valence-corrected chi connectivity index (χ4v) is 2.15. The molecule has 1 atom stereocenters. The molecular weight excluding hydrogens is 229 g/mol. The number of benzene rings is 1. The monoisotopic (exact) mass is 243 g/mol. The second-order valence-electron chi connectivity index (χ2n) is 4.13. The summed E-state index contributed by atoms with van der Waals surface area (Å²) in [6, 6.07) is 6.31. The maximum absolute atomic E-state index is 5.96. The van der Waals surface area contributed by atoms with Gasteiger partial charge in [-0.3, -0.25) is 0 Å². The van der Waals surface area contributed by atoms with E-state index in [1.54, 1.807) is 0 Å². The van der Waals surface area contributed by atoms with Crippen LogP contribution in [0.2, 0.25) is 10.0 Å². The second-order valence-corrected chi connectivity index (χ2v) is 4.94. The summed E-state index contributed by atoms with van der Waals surface area (Å²) in [5.74, 6) is 0.851. The van der Waals surface area contributed by atoms with E-state index in [1.807, 2.05) is 18.2 Å². The van der Waals surface area contributed by atoms with Crippen LogP contribution in [-0.4, -0.2) is 6.04 Å². The molecule has 0 heterocycles. The number of anilines is 1. The Bertz CT molecular complexity index is 347. The van der Waals surface area contributed by atoms with Crippen molar-refractivity contribution in [3.8, 4) is 0 Å². The Hall–Kier alpha value is -0.400. The first-order valence-electron chi connectivity index (χ1n) is 5.42. The third-order valence-electron chi connectivity index (χ3n) is 2.90. The first kappa shape index (κ1) is 11.1. The molecule has 1 aliphatic rings. The van der Waals surface area contributed by atoms with E-state index in [-0.39, 0.29) is 0 Å². The van der Waals surface area contributed by atoms with Gasteiger partial charge in [-0.2, -0.15) is 0 Å². The van der Waals surface area contributed by atoms with Gasteiger partial charge in [0, 0.05) is 11.7 Å². The predicted octanol–water partition coefficient (Wildman–Crippen LogP) is 4.59. The summed E-state index contributed by atoms with van der Waals surface area (Å²) in [6.45, 7) is 2.22. The fourth-order valence-electron chi connectivity index (χ4n) is 1.85. The Morgan fingerprint density at radius 3 is 2.60 bits per heavy atom. The fraction of sp³-hybridized carbons (Fsp3) is 0.500. The van der Waals surface area contributed by atoms with Crippen molar-refractivity contribution in [3.05, 3.63) is 28.2 Å². The molecular formula is C12H15Cl2N. The minimum atomic E-state index is 0.585. The van der Waals surface area contributed by atoms with Gasteiger partial charge in [0.15, 0.2) is 0 Å². The van der Waals surface area contributed by atoms with Crippen LogP contribution in [0.3, 0.4) is 0 Å². The predicted molar refractivity (Wildman–Crippen MR) is 66.9 cm³/mol. The third kappa shape index (κ3) is 2.79. The lowest BCUT2D eigenvalue weighted by atomic mass is 10.1.